The molecule has 0 saturated heterocycles. The average Bonchev–Trinajstić information content (AvgIpc) is 2.65. The molecule has 1 aliphatic heterocycles. The zero-order valence-electron chi connectivity index (χ0n) is 14.2. The molecule has 2 heterocycles. The highest BCUT2D eigenvalue weighted by Gasteiger charge is 2.23. The van der Waals surface area contributed by atoms with Gasteiger partial charge in [0.25, 0.3) is 0 Å². The summed E-state index contributed by atoms with van der Waals surface area (Å²) >= 11 is 0. The van der Waals surface area contributed by atoms with Crippen molar-refractivity contribution in [1.82, 2.24) is 9.97 Å². The summed E-state index contributed by atoms with van der Waals surface area (Å²) in [7, 11) is 1.60. The van der Waals surface area contributed by atoms with Gasteiger partial charge in [-0.15, -0.1) is 0 Å². The molecule has 10 nitrogen and oxygen atoms in total. The molecule has 0 radical (unpaired) electrons. The second-order valence-electron chi connectivity index (χ2n) is 5.43. The molecule has 0 amide bonds. The monoisotopic (exact) mass is 361 g/mol. The zero-order chi connectivity index (χ0) is 18.4. The molecule has 1 aromatic heterocycles. The molecule has 2 aromatic rings. The number of hydrogen-bond donors (Lipinski definition) is 2. The number of rotatable bonds is 8. The number of hydrogen-bond acceptors (Lipinski definition) is 9. The van der Waals surface area contributed by atoms with Crippen LogP contribution >= 0.6 is 0 Å². The second-order valence-corrected chi connectivity index (χ2v) is 5.43. The maximum absolute atomic E-state index is 11.5. The molecule has 0 saturated carbocycles. The molecule has 26 heavy (non-hydrogen) atoms. The van der Waals surface area contributed by atoms with Gasteiger partial charge >= 0.3 is 5.69 Å². The second kappa shape index (κ2) is 8.30. The summed E-state index contributed by atoms with van der Waals surface area (Å²) in [6.07, 6.45) is 1.97. The minimum absolute atomic E-state index is 0.0934. The number of nitrogens with one attached hydrogen (secondary N) is 2. The maximum Gasteiger partial charge on any atom is 0.353 e. The molecule has 0 fully saturated rings. The van der Waals surface area contributed by atoms with E-state index in [0.29, 0.717) is 50.0 Å². The minimum Gasteiger partial charge on any atom is -0.486 e. The number of nitrogens with zero attached hydrogens (tertiary/aromatic N) is 3. The Bertz CT molecular complexity index is 786. The molecule has 138 valence electrons. The number of nitro groups is 1. The number of anilines is 3. The van der Waals surface area contributed by atoms with Crippen LogP contribution in [-0.4, -0.2) is 48.4 Å². The Morgan fingerprint density at radius 2 is 2.00 bits per heavy atom. The Hall–Kier alpha value is -3.14. The third-order valence-electron chi connectivity index (χ3n) is 3.63. The van der Waals surface area contributed by atoms with E-state index in [2.05, 4.69) is 20.6 Å². The van der Waals surface area contributed by atoms with Gasteiger partial charge in [-0.1, -0.05) is 0 Å². The van der Waals surface area contributed by atoms with Gasteiger partial charge in [-0.25, -0.2) is 9.97 Å². The lowest BCUT2D eigenvalue weighted by molar-refractivity contribution is -0.383. The summed E-state index contributed by atoms with van der Waals surface area (Å²) in [4.78, 5) is 19.0. The number of fused-ring (bicyclic) bond motifs is 1. The molecule has 3 rings (SSSR count). The third-order valence-corrected chi connectivity index (χ3v) is 3.63. The SMILES string of the molecule is COCCCNc1ncnc(Nc2ccc3c(c2)OCCO3)c1[N+](=O)[O-]. The van der Waals surface area contributed by atoms with Crippen molar-refractivity contribution in [3.63, 3.8) is 0 Å². The predicted octanol–water partition coefficient (Wildman–Crippen LogP) is 2.35. The summed E-state index contributed by atoms with van der Waals surface area (Å²) in [5.41, 5.74) is 0.376. The molecule has 1 aromatic carbocycles. The summed E-state index contributed by atoms with van der Waals surface area (Å²) in [6.45, 7) is 2.00. The number of ether oxygens (including phenoxy) is 3. The fourth-order valence-electron chi connectivity index (χ4n) is 2.45. The fraction of sp³-hybridized carbons (Fsp3) is 0.375. The van der Waals surface area contributed by atoms with Crippen molar-refractivity contribution in [2.75, 3.05) is 44.1 Å². The van der Waals surface area contributed by atoms with E-state index in [9.17, 15) is 10.1 Å². The molecule has 10 heteroatoms. The van der Waals surface area contributed by atoms with Crippen molar-refractivity contribution in [1.29, 1.82) is 0 Å². The summed E-state index contributed by atoms with van der Waals surface area (Å²) in [6, 6.07) is 5.20. The van der Waals surface area contributed by atoms with Crippen LogP contribution in [0.25, 0.3) is 0 Å². The molecule has 0 bridgehead atoms. The highest BCUT2D eigenvalue weighted by Crippen LogP contribution is 2.36. The van der Waals surface area contributed by atoms with E-state index in [1.165, 1.54) is 6.33 Å². The van der Waals surface area contributed by atoms with E-state index in [-0.39, 0.29) is 17.3 Å². The van der Waals surface area contributed by atoms with Crippen LogP contribution in [0.3, 0.4) is 0 Å². The Morgan fingerprint density at radius 1 is 1.23 bits per heavy atom. The Kier molecular flexibility index (Phi) is 5.64. The lowest BCUT2D eigenvalue weighted by Crippen LogP contribution is -2.15. The Balaban J connectivity index is 1.81. The van der Waals surface area contributed by atoms with Gasteiger partial charge in [-0.2, -0.15) is 0 Å². The lowest BCUT2D eigenvalue weighted by Gasteiger charge is -2.19. The van der Waals surface area contributed by atoms with Gasteiger partial charge in [0.1, 0.15) is 19.5 Å². The molecule has 1 aliphatic rings. The zero-order valence-corrected chi connectivity index (χ0v) is 14.2. The quantitative estimate of drug-likeness (QED) is 0.414. The molecule has 0 spiro atoms. The normalized spacial score (nSPS) is 12.5. The standard InChI is InChI=1S/C16H19N5O5/c1-24-6-2-5-17-15-14(21(22)23)16(19-10-18-15)20-11-3-4-12-13(9-11)26-8-7-25-12/h3-4,9-10H,2,5-8H2,1H3,(H2,17,18,19,20). The van der Waals surface area contributed by atoms with Gasteiger partial charge in [-0.05, 0) is 18.6 Å². The van der Waals surface area contributed by atoms with Crippen LogP contribution in [0.15, 0.2) is 24.5 Å². The van der Waals surface area contributed by atoms with E-state index in [1.54, 1.807) is 25.3 Å². The van der Waals surface area contributed by atoms with E-state index in [0.717, 1.165) is 0 Å². The van der Waals surface area contributed by atoms with Crippen molar-refractivity contribution in [3.8, 4) is 11.5 Å². The van der Waals surface area contributed by atoms with Gasteiger partial charge in [0.05, 0.1) is 4.92 Å². The first kappa shape index (κ1) is 17.7. The van der Waals surface area contributed by atoms with Crippen LogP contribution in [0.5, 0.6) is 11.5 Å². The average molecular weight is 361 g/mol. The van der Waals surface area contributed by atoms with Gasteiger partial charge < -0.3 is 24.8 Å². The van der Waals surface area contributed by atoms with Gasteiger partial charge in [-0.3, -0.25) is 10.1 Å². The van der Waals surface area contributed by atoms with Crippen LogP contribution in [0.4, 0.5) is 23.0 Å². The van der Waals surface area contributed by atoms with Gasteiger partial charge in [0.15, 0.2) is 11.5 Å². The third kappa shape index (κ3) is 4.09. The Labute approximate surface area is 149 Å². The first-order valence-electron chi connectivity index (χ1n) is 8.08. The van der Waals surface area contributed by atoms with Crippen molar-refractivity contribution in [2.45, 2.75) is 6.42 Å². The summed E-state index contributed by atoms with van der Waals surface area (Å²) < 4.78 is 16.0. The fourth-order valence-corrected chi connectivity index (χ4v) is 2.45. The number of methoxy groups -OCH3 is 1. The van der Waals surface area contributed by atoms with Crippen LogP contribution in [0.1, 0.15) is 6.42 Å². The van der Waals surface area contributed by atoms with Crippen molar-refractivity contribution in [2.24, 2.45) is 0 Å². The first-order valence-corrected chi connectivity index (χ1v) is 8.08. The maximum atomic E-state index is 11.5. The summed E-state index contributed by atoms with van der Waals surface area (Å²) in [5, 5.41) is 17.4. The van der Waals surface area contributed by atoms with E-state index in [4.69, 9.17) is 14.2 Å². The van der Waals surface area contributed by atoms with Crippen LogP contribution in [-0.2, 0) is 4.74 Å². The molecule has 0 atom stereocenters. The lowest BCUT2D eigenvalue weighted by atomic mass is 10.2. The van der Waals surface area contributed by atoms with E-state index in [1.807, 2.05) is 0 Å². The van der Waals surface area contributed by atoms with Crippen LogP contribution in [0, 0.1) is 10.1 Å². The van der Waals surface area contributed by atoms with E-state index >= 15 is 0 Å². The highest BCUT2D eigenvalue weighted by molar-refractivity contribution is 5.74. The molecule has 0 aliphatic carbocycles. The number of aromatic nitrogens is 2. The van der Waals surface area contributed by atoms with Crippen molar-refractivity contribution >= 4 is 23.0 Å². The minimum atomic E-state index is -0.515. The largest absolute Gasteiger partial charge is 0.486 e. The smallest absolute Gasteiger partial charge is 0.353 e. The molecule has 2 N–H and O–H groups in total. The summed E-state index contributed by atoms with van der Waals surface area (Å²) in [5.74, 6) is 1.47. The van der Waals surface area contributed by atoms with Crippen LogP contribution < -0.4 is 20.1 Å². The Morgan fingerprint density at radius 3 is 2.77 bits per heavy atom. The molecular weight excluding hydrogens is 342 g/mol. The predicted molar refractivity (Wildman–Crippen MR) is 94.4 cm³/mol. The first-order chi connectivity index (χ1) is 12.7. The van der Waals surface area contributed by atoms with Crippen molar-refractivity contribution in [3.05, 3.63) is 34.6 Å². The van der Waals surface area contributed by atoms with E-state index < -0.39 is 4.92 Å². The highest BCUT2D eigenvalue weighted by atomic mass is 16.6. The van der Waals surface area contributed by atoms with Crippen molar-refractivity contribution < 1.29 is 19.1 Å². The topological polar surface area (TPSA) is 121 Å². The van der Waals surface area contributed by atoms with Gasteiger partial charge in [0, 0.05) is 32.0 Å². The molecular formula is C16H19N5O5. The van der Waals surface area contributed by atoms with Crippen LogP contribution in [0.2, 0.25) is 0 Å². The van der Waals surface area contributed by atoms with Gasteiger partial charge in [0.2, 0.25) is 11.6 Å². The number of benzene rings is 1. The molecule has 0 unspecified atom stereocenters.